The summed E-state index contributed by atoms with van der Waals surface area (Å²) in [5.74, 6) is -0.0564. The monoisotopic (exact) mass is 365 g/mol. The van der Waals surface area contributed by atoms with Gasteiger partial charge in [0.15, 0.2) is 5.69 Å². The molecule has 2 heterocycles. The van der Waals surface area contributed by atoms with Crippen molar-refractivity contribution in [3.8, 4) is 0 Å². The molecule has 0 spiro atoms. The third kappa shape index (κ3) is 6.30. The van der Waals surface area contributed by atoms with E-state index in [9.17, 15) is 4.79 Å². The van der Waals surface area contributed by atoms with Crippen LogP contribution in [0.4, 0.5) is 0 Å². The van der Waals surface area contributed by atoms with E-state index in [1.165, 1.54) is 0 Å². The number of nitrogens with zero attached hydrogens (tertiary/aromatic N) is 2. The van der Waals surface area contributed by atoms with Crippen molar-refractivity contribution in [2.75, 3.05) is 32.7 Å². The van der Waals surface area contributed by atoms with Crippen molar-refractivity contribution in [2.45, 2.75) is 39.7 Å². The summed E-state index contributed by atoms with van der Waals surface area (Å²) in [7, 11) is 0. The Hall–Kier alpha value is -0.820. The van der Waals surface area contributed by atoms with Crippen molar-refractivity contribution in [3.63, 3.8) is 0 Å². The minimum Gasteiger partial charge on any atom is -0.351 e. The van der Waals surface area contributed by atoms with E-state index in [0.717, 1.165) is 69.8 Å². The first-order valence-corrected chi connectivity index (χ1v) is 8.03. The van der Waals surface area contributed by atoms with Crippen molar-refractivity contribution in [3.05, 3.63) is 17.0 Å². The summed E-state index contributed by atoms with van der Waals surface area (Å²) in [6.45, 7) is 10.0. The average molecular weight is 366 g/mol. The average Bonchev–Trinajstić information content (AvgIpc) is 2.95. The van der Waals surface area contributed by atoms with E-state index >= 15 is 0 Å². The molecule has 0 saturated carbocycles. The molecule has 0 unspecified atom stereocenters. The van der Waals surface area contributed by atoms with Gasteiger partial charge in [-0.15, -0.1) is 24.8 Å². The molecular formula is C15H29Cl2N5O. The molecule has 0 bridgehead atoms. The summed E-state index contributed by atoms with van der Waals surface area (Å²) in [5, 5.41) is 13.4. The summed E-state index contributed by atoms with van der Waals surface area (Å²) >= 11 is 0. The first kappa shape index (κ1) is 22.2. The van der Waals surface area contributed by atoms with Gasteiger partial charge in [-0.05, 0) is 32.5 Å². The molecule has 0 saturated heterocycles. The minimum atomic E-state index is -0.0564. The Morgan fingerprint density at radius 3 is 2.70 bits per heavy atom. The predicted molar refractivity (Wildman–Crippen MR) is 97.8 cm³/mol. The van der Waals surface area contributed by atoms with Crippen LogP contribution in [0.2, 0.25) is 0 Å². The highest BCUT2D eigenvalue weighted by molar-refractivity contribution is 5.94. The Morgan fingerprint density at radius 2 is 2.00 bits per heavy atom. The van der Waals surface area contributed by atoms with Gasteiger partial charge in [0.25, 0.3) is 5.91 Å². The number of hydrogen-bond acceptors (Lipinski definition) is 4. The topological polar surface area (TPSA) is 73.0 Å². The number of rotatable bonds is 8. The van der Waals surface area contributed by atoms with E-state index in [1.54, 1.807) is 0 Å². The highest BCUT2D eigenvalue weighted by Crippen LogP contribution is 2.14. The molecule has 8 heteroatoms. The number of aromatic amines is 1. The molecule has 0 atom stereocenters. The van der Waals surface area contributed by atoms with Crippen molar-refractivity contribution in [2.24, 2.45) is 0 Å². The van der Waals surface area contributed by atoms with Gasteiger partial charge < -0.3 is 15.5 Å². The number of halogens is 2. The number of fused-ring (bicyclic) bond motifs is 1. The quantitative estimate of drug-likeness (QED) is 0.613. The molecule has 0 radical (unpaired) electrons. The molecule has 1 aliphatic heterocycles. The Morgan fingerprint density at radius 1 is 1.26 bits per heavy atom. The fraction of sp³-hybridized carbons (Fsp3) is 0.733. The first-order valence-electron chi connectivity index (χ1n) is 8.03. The molecule has 23 heavy (non-hydrogen) atoms. The van der Waals surface area contributed by atoms with Crippen molar-refractivity contribution in [1.29, 1.82) is 0 Å². The van der Waals surface area contributed by atoms with Crippen LogP contribution >= 0.6 is 24.8 Å². The molecule has 6 nitrogen and oxygen atoms in total. The third-order valence-corrected chi connectivity index (χ3v) is 4.10. The Kier molecular flexibility index (Phi) is 11.3. The summed E-state index contributed by atoms with van der Waals surface area (Å²) in [5.41, 5.74) is 2.68. The smallest absolute Gasteiger partial charge is 0.272 e. The number of aromatic nitrogens is 2. The van der Waals surface area contributed by atoms with Crippen molar-refractivity contribution >= 4 is 30.7 Å². The van der Waals surface area contributed by atoms with Gasteiger partial charge in [0.2, 0.25) is 0 Å². The zero-order valence-corrected chi connectivity index (χ0v) is 15.6. The summed E-state index contributed by atoms with van der Waals surface area (Å²) in [6, 6.07) is 0. The minimum absolute atomic E-state index is 0. The summed E-state index contributed by atoms with van der Waals surface area (Å²) in [6.07, 6.45) is 3.04. The lowest BCUT2D eigenvalue weighted by molar-refractivity contribution is 0.0946. The molecule has 1 aromatic rings. The Bertz CT molecular complexity index is 463. The molecule has 1 aromatic heterocycles. The van der Waals surface area contributed by atoms with Crippen molar-refractivity contribution < 1.29 is 4.79 Å². The number of H-pyrrole nitrogens is 1. The Labute approximate surface area is 151 Å². The largest absolute Gasteiger partial charge is 0.351 e. The molecule has 0 aromatic carbocycles. The van der Waals surface area contributed by atoms with Gasteiger partial charge in [-0.3, -0.25) is 9.89 Å². The van der Waals surface area contributed by atoms with Gasteiger partial charge in [-0.2, -0.15) is 5.10 Å². The fourth-order valence-electron chi connectivity index (χ4n) is 2.70. The molecule has 1 aliphatic rings. The van der Waals surface area contributed by atoms with Gasteiger partial charge in [0.05, 0.1) is 0 Å². The van der Waals surface area contributed by atoms with Crippen LogP contribution < -0.4 is 10.6 Å². The van der Waals surface area contributed by atoms with Crippen LogP contribution in [0.15, 0.2) is 0 Å². The molecule has 3 N–H and O–H groups in total. The molecule has 2 rings (SSSR count). The second-order valence-corrected chi connectivity index (χ2v) is 5.45. The second-order valence-electron chi connectivity index (χ2n) is 5.45. The van der Waals surface area contributed by atoms with Crippen LogP contribution in [0.25, 0.3) is 0 Å². The van der Waals surface area contributed by atoms with E-state index < -0.39 is 0 Å². The molecule has 1 amide bonds. The number of carbonyl (C=O) groups excluding carboxylic acids is 1. The maximum absolute atomic E-state index is 12.2. The van der Waals surface area contributed by atoms with Gasteiger partial charge in [-0.25, -0.2) is 0 Å². The van der Waals surface area contributed by atoms with Gasteiger partial charge in [0, 0.05) is 37.3 Å². The van der Waals surface area contributed by atoms with E-state index in [-0.39, 0.29) is 30.7 Å². The number of hydrogen-bond donors (Lipinski definition) is 3. The normalized spacial score (nSPS) is 13.0. The Balaban J connectivity index is 0.00000242. The molecule has 0 fully saturated rings. The lowest BCUT2D eigenvalue weighted by atomic mass is 10.1. The van der Waals surface area contributed by atoms with Crippen LogP contribution in [-0.4, -0.2) is 53.7 Å². The fourth-order valence-corrected chi connectivity index (χ4v) is 2.70. The molecular weight excluding hydrogens is 337 g/mol. The number of carbonyl (C=O) groups is 1. The summed E-state index contributed by atoms with van der Waals surface area (Å²) < 4.78 is 0. The standard InChI is InChI=1S/C15H27N5O.2ClH/c1-3-20(4-2)10-6-5-8-17-15(21)14-12-11-16-9-7-13(12)18-19-14;;/h16H,3-11H2,1-2H3,(H,17,21)(H,18,19);2*1H. The number of amides is 1. The van der Waals surface area contributed by atoms with Crippen LogP contribution in [0.1, 0.15) is 48.4 Å². The maximum atomic E-state index is 12.2. The second kappa shape index (κ2) is 11.7. The summed E-state index contributed by atoms with van der Waals surface area (Å²) in [4.78, 5) is 14.6. The zero-order chi connectivity index (χ0) is 15.1. The zero-order valence-electron chi connectivity index (χ0n) is 14.0. The molecule has 134 valence electrons. The third-order valence-electron chi connectivity index (χ3n) is 4.10. The lowest BCUT2D eigenvalue weighted by Crippen LogP contribution is -2.29. The van der Waals surface area contributed by atoms with E-state index in [1.807, 2.05) is 0 Å². The van der Waals surface area contributed by atoms with Crippen LogP contribution in [0, 0.1) is 0 Å². The van der Waals surface area contributed by atoms with Crippen LogP contribution in [-0.2, 0) is 13.0 Å². The van der Waals surface area contributed by atoms with Gasteiger partial charge >= 0.3 is 0 Å². The highest BCUT2D eigenvalue weighted by Gasteiger charge is 2.20. The number of nitrogens with one attached hydrogen (secondary N) is 3. The van der Waals surface area contributed by atoms with Crippen LogP contribution in [0.3, 0.4) is 0 Å². The van der Waals surface area contributed by atoms with Crippen molar-refractivity contribution in [1.82, 2.24) is 25.7 Å². The number of unbranched alkanes of at least 4 members (excludes halogenated alkanes) is 1. The van der Waals surface area contributed by atoms with Gasteiger partial charge in [0.1, 0.15) is 0 Å². The lowest BCUT2D eigenvalue weighted by Gasteiger charge is -2.17. The predicted octanol–water partition coefficient (Wildman–Crippen LogP) is 1.75. The van der Waals surface area contributed by atoms with E-state index in [2.05, 4.69) is 39.6 Å². The highest BCUT2D eigenvalue weighted by atomic mass is 35.5. The van der Waals surface area contributed by atoms with E-state index in [0.29, 0.717) is 5.69 Å². The SMILES string of the molecule is CCN(CC)CCCCNC(=O)c1n[nH]c2c1CNCC2.Cl.Cl. The van der Waals surface area contributed by atoms with Crippen LogP contribution in [0.5, 0.6) is 0 Å². The first-order chi connectivity index (χ1) is 10.3. The van der Waals surface area contributed by atoms with Gasteiger partial charge in [-0.1, -0.05) is 13.8 Å². The molecule has 0 aliphatic carbocycles. The maximum Gasteiger partial charge on any atom is 0.272 e. The van der Waals surface area contributed by atoms with E-state index in [4.69, 9.17) is 0 Å².